The molecule has 0 spiro atoms. The first-order valence-corrected chi connectivity index (χ1v) is 8.97. The Labute approximate surface area is 157 Å². The molecule has 25 heavy (non-hydrogen) atoms. The van der Waals surface area contributed by atoms with E-state index in [9.17, 15) is 4.79 Å². The maximum Gasteiger partial charge on any atom is 0.254 e. The lowest BCUT2D eigenvalue weighted by Gasteiger charge is -2.24. The van der Waals surface area contributed by atoms with Crippen LogP contribution in [0.5, 0.6) is 5.75 Å². The first-order valence-electron chi connectivity index (χ1n) is 8.21. The van der Waals surface area contributed by atoms with Gasteiger partial charge in [-0.25, -0.2) is 0 Å². The van der Waals surface area contributed by atoms with Crippen molar-refractivity contribution in [1.82, 2.24) is 4.90 Å². The molecule has 132 valence electrons. The molecule has 2 aromatic carbocycles. The smallest absolute Gasteiger partial charge is 0.254 e. The Bertz CT molecular complexity index is 729. The van der Waals surface area contributed by atoms with E-state index < -0.39 is 0 Å². The van der Waals surface area contributed by atoms with Gasteiger partial charge in [-0.15, -0.1) is 0 Å². The molecule has 1 heterocycles. The molecule has 1 aliphatic heterocycles. The predicted octanol–water partition coefficient (Wildman–Crippen LogP) is 4.35. The standard InChI is InChI=1S/C19H20Cl2N2O2/c1-25-18-5-3-17(4-6-18)22-7-2-8-23(10-9-22)19(24)14-11-15(20)13-16(21)12-14/h3-6,11-13H,2,7-10H2,1H3. The fourth-order valence-electron chi connectivity index (χ4n) is 3.03. The second-order valence-electron chi connectivity index (χ2n) is 5.99. The van der Waals surface area contributed by atoms with Gasteiger partial charge in [-0.2, -0.15) is 0 Å². The summed E-state index contributed by atoms with van der Waals surface area (Å²) in [5.74, 6) is 0.814. The summed E-state index contributed by atoms with van der Waals surface area (Å²) in [5, 5.41) is 0.955. The zero-order valence-electron chi connectivity index (χ0n) is 14.0. The molecule has 0 radical (unpaired) electrons. The molecule has 0 aliphatic carbocycles. The highest BCUT2D eigenvalue weighted by Gasteiger charge is 2.21. The summed E-state index contributed by atoms with van der Waals surface area (Å²) in [6.07, 6.45) is 0.909. The molecule has 1 aliphatic rings. The molecule has 0 unspecified atom stereocenters. The van der Waals surface area contributed by atoms with Gasteiger partial charge in [0.1, 0.15) is 5.75 Å². The fraction of sp³-hybridized carbons (Fsp3) is 0.316. The van der Waals surface area contributed by atoms with Crippen LogP contribution < -0.4 is 9.64 Å². The molecule has 6 heteroatoms. The van der Waals surface area contributed by atoms with Crippen LogP contribution in [0.4, 0.5) is 5.69 Å². The van der Waals surface area contributed by atoms with Crippen LogP contribution in [0, 0.1) is 0 Å². The Hall–Kier alpha value is -1.91. The lowest BCUT2D eigenvalue weighted by Crippen LogP contribution is -2.35. The third-order valence-electron chi connectivity index (χ3n) is 4.33. The Morgan fingerprint density at radius 1 is 0.960 bits per heavy atom. The number of rotatable bonds is 3. The Morgan fingerprint density at radius 3 is 2.28 bits per heavy atom. The summed E-state index contributed by atoms with van der Waals surface area (Å²) in [6, 6.07) is 13.0. The minimum Gasteiger partial charge on any atom is -0.497 e. The molecule has 4 nitrogen and oxygen atoms in total. The molecule has 0 N–H and O–H groups in total. The van der Waals surface area contributed by atoms with Crippen molar-refractivity contribution in [3.05, 3.63) is 58.1 Å². The van der Waals surface area contributed by atoms with Gasteiger partial charge in [0, 0.05) is 47.5 Å². The van der Waals surface area contributed by atoms with Crippen LogP contribution in [0.1, 0.15) is 16.8 Å². The minimum atomic E-state index is -0.0269. The molecule has 1 amide bonds. The van der Waals surface area contributed by atoms with Crippen LogP contribution in [0.25, 0.3) is 0 Å². The van der Waals surface area contributed by atoms with Gasteiger partial charge in [0.2, 0.25) is 0 Å². The van der Waals surface area contributed by atoms with Crippen LogP contribution in [0.15, 0.2) is 42.5 Å². The summed E-state index contributed by atoms with van der Waals surface area (Å²) >= 11 is 12.0. The second kappa shape index (κ2) is 7.98. The second-order valence-corrected chi connectivity index (χ2v) is 6.86. The number of carbonyl (C=O) groups excluding carboxylic acids is 1. The topological polar surface area (TPSA) is 32.8 Å². The van der Waals surface area contributed by atoms with Gasteiger partial charge in [-0.3, -0.25) is 4.79 Å². The van der Waals surface area contributed by atoms with Crippen LogP contribution >= 0.6 is 23.2 Å². The molecule has 1 saturated heterocycles. The van der Waals surface area contributed by atoms with Crippen LogP contribution in [-0.4, -0.2) is 44.1 Å². The lowest BCUT2D eigenvalue weighted by atomic mass is 10.2. The van der Waals surface area contributed by atoms with E-state index in [0.29, 0.717) is 22.2 Å². The number of hydrogen-bond donors (Lipinski definition) is 0. The first kappa shape index (κ1) is 17.9. The molecule has 2 aromatic rings. The van der Waals surface area contributed by atoms with Crippen molar-refractivity contribution in [3.63, 3.8) is 0 Å². The van der Waals surface area contributed by atoms with Crippen molar-refractivity contribution < 1.29 is 9.53 Å². The van der Waals surface area contributed by atoms with Crippen molar-refractivity contribution in [2.24, 2.45) is 0 Å². The summed E-state index contributed by atoms with van der Waals surface area (Å²) < 4.78 is 5.21. The van der Waals surface area contributed by atoms with Gasteiger partial charge in [0.25, 0.3) is 5.91 Å². The van der Waals surface area contributed by atoms with E-state index in [1.54, 1.807) is 25.3 Å². The molecule has 0 atom stereocenters. The quantitative estimate of drug-likeness (QED) is 0.795. The Morgan fingerprint density at radius 2 is 1.64 bits per heavy atom. The van der Waals surface area contributed by atoms with Crippen LogP contribution in [-0.2, 0) is 0 Å². The molecule has 1 fully saturated rings. The zero-order chi connectivity index (χ0) is 17.8. The number of anilines is 1. The average molecular weight is 379 g/mol. The van der Waals surface area contributed by atoms with Gasteiger partial charge < -0.3 is 14.5 Å². The highest BCUT2D eigenvalue weighted by Crippen LogP contribution is 2.23. The molecular formula is C19H20Cl2N2O2. The van der Waals surface area contributed by atoms with Crippen molar-refractivity contribution >= 4 is 34.8 Å². The number of methoxy groups -OCH3 is 1. The third kappa shape index (κ3) is 4.39. The molecule has 0 bridgehead atoms. The molecule has 0 aromatic heterocycles. The van der Waals surface area contributed by atoms with E-state index in [0.717, 1.165) is 37.5 Å². The first-order chi connectivity index (χ1) is 12.1. The summed E-state index contributed by atoms with van der Waals surface area (Å²) in [5.41, 5.74) is 1.68. The number of ether oxygens (including phenoxy) is 1. The summed E-state index contributed by atoms with van der Waals surface area (Å²) in [4.78, 5) is 16.9. The van der Waals surface area contributed by atoms with E-state index in [1.807, 2.05) is 29.2 Å². The van der Waals surface area contributed by atoms with Crippen molar-refractivity contribution in [3.8, 4) is 5.75 Å². The third-order valence-corrected chi connectivity index (χ3v) is 4.77. The maximum atomic E-state index is 12.8. The fourth-order valence-corrected chi connectivity index (χ4v) is 3.56. The normalized spacial score (nSPS) is 15.0. The van der Waals surface area contributed by atoms with Gasteiger partial charge in [-0.1, -0.05) is 23.2 Å². The highest BCUT2D eigenvalue weighted by molar-refractivity contribution is 6.35. The van der Waals surface area contributed by atoms with Gasteiger partial charge >= 0.3 is 0 Å². The average Bonchev–Trinajstić information content (AvgIpc) is 2.86. The largest absolute Gasteiger partial charge is 0.497 e. The van der Waals surface area contributed by atoms with E-state index in [2.05, 4.69) is 4.90 Å². The van der Waals surface area contributed by atoms with E-state index in [-0.39, 0.29) is 5.91 Å². The Balaban J connectivity index is 1.69. The maximum absolute atomic E-state index is 12.8. The number of hydrogen-bond acceptors (Lipinski definition) is 3. The predicted molar refractivity (Wildman–Crippen MR) is 102 cm³/mol. The van der Waals surface area contributed by atoms with Gasteiger partial charge in [0.15, 0.2) is 0 Å². The molecule has 3 rings (SSSR count). The van der Waals surface area contributed by atoms with E-state index in [1.165, 1.54) is 0 Å². The van der Waals surface area contributed by atoms with Crippen molar-refractivity contribution in [1.29, 1.82) is 0 Å². The number of carbonyl (C=O) groups is 1. The molecular weight excluding hydrogens is 359 g/mol. The number of halogens is 2. The monoisotopic (exact) mass is 378 g/mol. The number of nitrogens with zero attached hydrogens (tertiary/aromatic N) is 2. The SMILES string of the molecule is COc1ccc(N2CCCN(C(=O)c3cc(Cl)cc(Cl)c3)CC2)cc1. The Kier molecular flexibility index (Phi) is 5.71. The van der Waals surface area contributed by atoms with E-state index in [4.69, 9.17) is 27.9 Å². The lowest BCUT2D eigenvalue weighted by molar-refractivity contribution is 0.0767. The highest BCUT2D eigenvalue weighted by atomic mass is 35.5. The van der Waals surface area contributed by atoms with Gasteiger partial charge in [-0.05, 0) is 48.9 Å². The summed E-state index contributed by atoms with van der Waals surface area (Å²) in [6.45, 7) is 3.07. The van der Waals surface area contributed by atoms with Crippen LogP contribution in [0.3, 0.4) is 0 Å². The van der Waals surface area contributed by atoms with Gasteiger partial charge in [0.05, 0.1) is 7.11 Å². The van der Waals surface area contributed by atoms with Crippen molar-refractivity contribution in [2.45, 2.75) is 6.42 Å². The van der Waals surface area contributed by atoms with Crippen LogP contribution in [0.2, 0.25) is 10.0 Å². The minimum absolute atomic E-state index is 0.0269. The summed E-state index contributed by atoms with van der Waals surface area (Å²) in [7, 11) is 1.66. The number of benzene rings is 2. The van der Waals surface area contributed by atoms with E-state index >= 15 is 0 Å². The molecule has 0 saturated carbocycles. The zero-order valence-corrected chi connectivity index (χ0v) is 15.6. The van der Waals surface area contributed by atoms with Crippen molar-refractivity contribution in [2.75, 3.05) is 38.2 Å². The number of amides is 1.